The molecule has 0 spiro atoms. The Bertz CT molecular complexity index is 1660. The molecule has 41 heavy (non-hydrogen) atoms. The number of fused-ring (bicyclic) bond motifs is 1. The molecule has 2 amide bonds. The van der Waals surface area contributed by atoms with Crippen molar-refractivity contribution in [1.29, 1.82) is 0 Å². The van der Waals surface area contributed by atoms with Crippen molar-refractivity contribution < 1.29 is 14.6 Å². The summed E-state index contributed by atoms with van der Waals surface area (Å²) < 4.78 is 6.05. The number of aromatic nitrogens is 1. The summed E-state index contributed by atoms with van der Waals surface area (Å²) in [5, 5.41) is 20.2. The number of hydrogen-bond donors (Lipinski definition) is 5. The van der Waals surface area contributed by atoms with Crippen molar-refractivity contribution in [2.45, 2.75) is 19.1 Å². The van der Waals surface area contributed by atoms with Gasteiger partial charge in [-0.05, 0) is 66.1 Å². The minimum atomic E-state index is -0.357. The first-order valence-corrected chi connectivity index (χ1v) is 13.5. The van der Waals surface area contributed by atoms with Gasteiger partial charge in [-0.25, -0.2) is 4.79 Å². The molecule has 0 aliphatic heterocycles. The first-order valence-electron chi connectivity index (χ1n) is 13.5. The van der Waals surface area contributed by atoms with Gasteiger partial charge in [0, 0.05) is 22.8 Å². The molecule has 1 atom stereocenters. The number of pyridine rings is 1. The zero-order chi connectivity index (χ0) is 28.4. The van der Waals surface area contributed by atoms with Crippen LogP contribution in [0.1, 0.15) is 22.7 Å². The molecule has 8 nitrogen and oxygen atoms in total. The van der Waals surface area contributed by atoms with Gasteiger partial charge in [0.05, 0.1) is 18.2 Å². The lowest BCUT2D eigenvalue weighted by molar-refractivity contribution is 0.245. The molecule has 1 heterocycles. The Balaban J connectivity index is 1.24. The Kier molecular flexibility index (Phi) is 9.05. The van der Waals surface area contributed by atoms with Gasteiger partial charge in [-0.3, -0.25) is 4.79 Å². The molecule has 0 saturated carbocycles. The second-order valence-corrected chi connectivity index (χ2v) is 9.62. The van der Waals surface area contributed by atoms with Gasteiger partial charge in [-0.2, -0.15) is 0 Å². The van der Waals surface area contributed by atoms with E-state index in [0.717, 1.165) is 22.1 Å². The molecule has 5 aromatic rings. The van der Waals surface area contributed by atoms with E-state index in [9.17, 15) is 14.7 Å². The Morgan fingerprint density at radius 2 is 1.51 bits per heavy atom. The van der Waals surface area contributed by atoms with Crippen molar-refractivity contribution in [3.8, 4) is 5.75 Å². The predicted octanol–water partition coefficient (Wildman–Crippen LogP) is 5.62. The molecule has 4 aromatic carbocycles. The molecular formula is C33H32N4O4. The highest BCUT2D eigenvalue weighted by Gasteiger charge is 2.16. The minimum absolute atomic E-state index is 0.125. The number of hydrogen-bond acceptors (Lipinski definition) is 5. The van der Waals surface area contributed by atoms with Crippen molar-refractivity contribution in [1.82, 2.24) is 10.3 Å². The van der Waals surface area contributed by atoms with E-state index in [0.29, 0.717) is 42.2 Å². The predicted molar refractivity (Wildman–Crippen MR) is 162 cm³/mol. The summed E-state index contributed by atoms with van der Waals surface area (Å²) in [6.45, 7) is 0.831. The number of amides is 2. The third-order valence-corrected chi connectivity index (χ3v) is 6.71. The molecule has 0 unspecified atom stereocenters. The number of H-pyrrole nitrogens is 1. The van der Waals surface area contributed by atoms with E-state index >= 15 is 0 Å². The highest BCUT2D eigenvalue weighted by molar-refractivity contribution is 5.99. The lowest BCUT2D eigenvalue weighted by Gasteiger charge is -2.20. The SMILES string of the molecule is O=C(Nc1ccccc1)Nc1cccc(CCN[C@H](CO)c2ccc(OCc3ccccc3)c3[nH]c(=O)ccc23)c1. The molecule has 0 aliphatic carbocycles. The molecule has 0 radical (unpaired) electrons. The third-order valence-electron chi connectivity index (χ3n) is 6.71. The number of nitrogens with one attached hydrogen (secondary N) is 4. The Labute approximate surface area is 238 Å². The van der Waals surface area contributed by atoms with Crippen LogP contribution in [0, 0.1) is 0 Å². The number of carbonyl (C=O) groups excluding carboxylic acids is 1. The van der Waals surface area contributed by atoms with E-state index in [4.69, 9.17) is 4.74 Å². The molecule has 5 rings (SSSR count). The smallest absolute Gasteiger partial charge is 0.323 e. The number of ether oxygens (including phenoxy) is 1. The van der Waals surface area contributed by atoms with E-state index in [1.165, 1.54) is 6.07 Å². The van der Waals surface area contributed by atoms with E-state index in [-0.39, 0.29) is 24.2 Å². The van der Waals surface area contributed by atoms with Gasteiger partial charge in [-0.1, -0.05) is 66.7 Å². The van der Waals surface area contributed by atoms with Crippen LogP contribution in [0.5, 0.6) is 5.75 Å². The molecule has 0 bridgehead atoms. The van der Waals surface area contributed by atoms with Crippen LogP contribution in [-0.4, -0.2) is 29.3 Å². The van der Waals surface area contributed by atoms with Gasteiger partial charge in [0.25, 0.3) is 0 Å². The highest BCUT2D eigenvalue weighted by Crippen LogP contribution is 2.30. The summed E-state index contributed by atoms with van der Waals surface area (Å²) >= 11 is 0. The maximum absolute atomic E-state index is 12.4. The lowest BCUT2D eigenvalue weighted by atomic mass is 10.0. The summed E-state index contributed by atoms with van der Waals surface area (Å²) in [5.41, 5.74) is 4.69. The Morgan fingerprint density at radius 3 is 2.29 bits per heavy atom. The summed E-state index contributed by atoms with van der Waals surface area (Å²) in [7, 11) is 0. The second-order valence-electron chi connectivity index (χ2n) is 9.62. The van der Waals surface area contributed by atoms with Gasteiger partial charge >= 0.3 is 6.03 Å². The van der Waals surface area contributed by atoms with E-state index in [1.54, 1.807) is 6.07 Å². The van der Waals surface area contributed by atoms with Crippen molar-refractivity contribution in [2.24, 2.45) is 0 Å². The molecule has 0 aliphatic rings. The fourth-order valence-corrected chi connectivity index (χ4v) is 4.69. The molecule has 0 fully saturated rings. The number of anilines is 2. The summed E-state index contributed by atoms with van der Waals surface area (Å²) in [6, 6.07) is 33.1. The molecular weight excluding hydrogens is 516 g/mol. The van der Waals surface area contributed by atoms with Crippen LogP contribution in [-0.2, 0) is 13.0 Å². The number of aliphatic hydroxyl groups is 1. The Morgan fingerprint density at radius 1 is 0.805 bits per heavy atom. The number of para-hydroxylation sites is 1. The van der Waals surface area contributed by atoms with Crippen molar-refractivity contribution in [2.75, 3.05) is 23.8 Å². The molecule has 5 N–H and O–H groups in total. The molecule has 1 aromatic heterocycles. The van der Waals surface area contributed by atoms with Crippen molar-refractivity contribution in [3.63, 3.8) is 0 Å². The van der Waals surface area contributed by atoms with Crippen LogP contribution in [0.15, 0.2) is 114 Å². The Hall–Kier alpha value is -4.92. The molecule has 208 valence electrons. The van der Waals surface area contributed by atoms with Crippen LogP contribution in [0.2, 0.25) is 0 Å². The number of benzene rings is 4. The van der Waals surface area contributed by atoms with Gasteiger partial charge in [0.1, 0.15) is 12.4 Å². The first kappa shape index (κ1) is 27.6. The van der Waals surface area contributed by atoms with E-state index in [2.05, 4.69) is 20.9 Å². The van der Waals surface area contributed by atoms with Gasteiger partial charge < -0.3 is 30.8 Å². The largest absolute Gasteiger partial charge is 0.487 e. The maximum Gasteiger partial charge on any atom is 0.323 e. The van der Waals surface area contributed by atoms with Crippen molar-refractivity contribution >= 4 is 28.3 Å². The van der Waals surface area contributed by atoms with Crippen LogP contribution in [0.25, 0.3) is 10.9 Å². The molecule has 0 saturated heterocycles. The minimum Gasteiger partial charge on any atom is -0.487 e. The quantitative estimate of drug-likeness (QED) is 0.147. The summed E-state index contributed by atoms with van der Waals surface area (Å²) in [4.78, 5) is 27.4. The van der Waals surface area contributed by atoms with Crippen molar-refractivity contribution in [3.05, 3.63) is 136 Å². The van der Waals surface area contributed by atoms with Crippen LogP contribution >= 0.6 is 0 Å². The van der Waals surface area contributed by atoms with Crippen LogP contribution < -0.4 is 26.2 Å². The van der Waals surface area contributed by atoms with Gasteiger partial charge in [-0.15, -0.1) is 0 Å². The van der Waals surface area contributed by atoms with Gasteiger partial charge in [0.15, 0.2) is 0 Å². The van der Waals surface area contributed by atoms with Crippen LogP contribution in [0.3, 0.4) is 0 Å². The zero-order valence-electron chi connectivity index (χ0n) is 22.5. The third kappa shape index (κ3) is 7.39. The number of aromatic amines is 1. The average Bonchev–Trinajstić information content (AvgIpc) is 2.99. The highest BCUT2D eigenvalue weighted by atomic mass is 16.5. The topological polar surface area (TPSA) is 115 Å². The normalized spacial score (nSPS) is 11.6. The standard InChI is InChI=1S/C33H32N4O4/c38-21-29(34-19-18-23-10-7-13-26(20-23)36-33(40)35-25-11-5-2-6-12-25)27-14-16-30(32-28(27)15-17-31(39)37-32)41-22-24-8-3-1-4-9-24/h1-17,20,29,34,38H,18-19,21-22H2,(H,37,39)(H2,35,36,40)/t29-/m1/s1. The zero-order valence-corrected chi connectivity index (χ0v) is 22.5. The fraction of sp³-hybridized carbons (Fsp3) is 0.152. The average molecular weight is 549 g/mol. The number of aliphatic hydroxyl groups excluding tert-OH is 1. The van der Waals surface area contributed by atoms with Crippen LogP contribution in [0.4, 0.5) is 16.2 Å². The summed E-state index contributed by atoms with van der Waals surface area (Å²) in [5.74, 6) is 0.572. The lowest BCUT2D eigenvalue weighted by Crippen LogP contribution is -2.27. The van der Waals surface area contributed by atoms with E-state index < -0.39 is 0 Å². The number of carbonyl (C=O) groups is 1. The first-order chi connectivity index (χ1) is 20.1. The van der Waals surface area contributed by atoms with Gasteiger partial charge in [0.2, 0.25) is 5.56 Å². The number of rotatable bonds is 11. The summed E-state index contributed by atoms with van der Waals surface area (Å²) in [6.07, 6.45) is 0.680. The molecule has 8 heteroatoms. The fourth-order valence-electron chi connectivity index (χ4n) is 4.69. The maximum atomic E-state index is 12.4. The number of urea groups is 1. The van der Waals surface area contributed by atoms with E-state index in [1.807, 2.05) is 97.1 Å². The monoisotopic (exact) mass is 548 g/mol. The second kappa shape index (κ2) is 13.4.